The summed E-state index contributed by atoms with van der Waals surface area (Å²) in [6, 6.07) is 17.0. The van der Waals surface area contributed by atoms with E-state index in [9.17, 15) is 14.0 Å². The van der Waals surface area contributed by atoms with Gasteiger partial charge in [0.05, 0.1) is 12.2 Å². The number of nitrogens with one attached hydrogen (secondary N) is 1. The van der Waals surface area contributed by atoms with Crippen molar-refractivity contribution in [3.63, 3.8) is 0 Å². The molecule has 0 spiro atoms. The standard InChI is InChI=1S/C24H24FN3O2/c25-19-13-11-17(12-14-19)16-28-24(30)21(23(29)26-20-9-5-2-6-10-20)15-22(27-28)18-7-3-1-4-8-18/h1,3-4,7-8,11-15,20H,2,5-6,9-10,16H2,(H,26,29). The second kappa shape index (κ2) is 9.03. The minimum Gasteiger partial charge on any atom is -0.349 e. The van der Waals surface area contributed by atoms with Crippen LogP contribution < -0.4 is 10.9 Å². The molecule has 1 N–H and O–H groups in total. The number of halogens is 1. The van der Waals surface area contributed by atoms with Crippen molar-refractivity contribution in [1.29, 1.82) is 0 Å². The predicted molar refractivity (Wildman–Crippen MR) is 114 cm³/mol. The number of hydrogen-bond acceptors (Lipinski definition) is 3. The Hall–Kier alpha value is -3.28. The van der Waals surface area contributed by atoms with Gasteiger partial charge in [0.15, 0.2) is 0 Å². The molecule has 1 aliphatic rings. The third-order valence-corrected chi connectivity index (χ3v) is 5.47. The number of nitrogens with zero attached hydrogens (tertiary/aromatic N) is 2. The molecular formula is C24H24FN3O2. The van der Waals surface area contributed by atoms with Crippen molar-refractivity contribution < 1.29 is 9.18 Å². The summed E-state index contributed by atoms with van der Waals surface area (Å²) in [5.74, 6) is -0.705. The van der Waals surface area contributed by atoms with Crippen LogP contribution in [0.1, 0.15) is 48.0 Å². The van der Waals surface area contributed by atoms with E-state index in [0.29, 0.717) is 5.69 Å². The molecule has 1 saturated carbocycles. The molecule has 30 heavy (non-hydrogen) atoms. The van der Waals surface area contributed by atoms with Gasteiger partial charge in [0, 0.05) is 11.6 Å². The quantitative estimate of drug-likeness (QED) is 0.693. The SMILES string of the molecule is O=C(NC1CCCCC1)c1cc(-c2ccccc2)nn(Cc2ccc(F)cc2)c1=O. The van der Waals surface area contributed by atoms with Gasteiger partial charge in [-0.3, -0.25) is 9.59 Å². The molecular weight excluding hydrogens is 381 g/mol. The molecule has 5 nitrogen and oxygen atoms in total. The Balaban J connectivity index is 1.71. The first kappa shape index (κ1) is 20.0. The van der Waals surface area contributed by atoms with Crippen LogP contribution in [0.4, 0.5) is 4.39 Å². The van der Waals surface area contributed by atoms with E-state index in [1.165, 1.54) is 23.2 Å². The van der Waals surface area contributed by atoms with Crippen LogP contribution in [0.3, 0.4) is 0 Å². The second-order valence-electron chi connectivity index (χ2n) is 7.71. The molecule has 0 saturated heterocycles. The number of hydrogen-bond donors (Lipinski definition) is 1. The maximum absolute atomic E-state index is 13.2. The van der Waals surface area contributed by atoms with Gasteiger partial charge in [0.1, 0.15) is 11.4 Å². The summed E-state index contributed by atoms with van der Waals surface area (Å²) in [5.41, 5.74) is 1.72. The van der Waals surface area contributed by atoms with Crippen molar-refractivity contribution in [2.45, 2.75) is 44.7 Å². The highest BCUT2D eigenvalue weighted by molar-refractivity contribution is 5.94. The molecule has 1 fully saturated rings. The van der Waals surface area contributed by atoms with Gasteiger partial charge < -0.3 is 5.32 Å². The maximum atomic E-state index is 13.2. The molecule has 0 unspecified atom stereocenters. The van der Waals surface area contributed by atoms with Gasteiger partial charge in [0.25, 0.3) is 11.5 Å². The van der Waals surface area contributed by atoms with E-state index in [2.05, 4.69) is 10.4 Å². The second-order valence-corrected chi connectivity index (χ2v) is 7.71. The number of rotatable bonds is 5. The van der Waals surface area contributed by atoms with E-state index in [0.717, 1.165) is 36.8 Å². The highest BCUT2D eigenvalue weighted by atomic mass is 19.1. The topological polar surface area (TPSA) is 64.0 Å². The van der Waals surface area contributed by atoms with Gasteiger partial charge in [-0.25, -0.2) is 9.07 Å². The summed E-state index contributed by atoms with van der Waals surface area (Å²) in [6.07, 6.45) is 5.24. The molecule has 0 radical (unpaired) electrons. The van der Waals surface area contributed by atoms with Crippen molar-refractivity contribution >= 4 is 5.91 Å². The Morgan fingerprint density at radius 2 is 1.73 bits per heavy atom. The third kappa shape index (κ3) is 4.64. The molecule has 0 bridgehead atoms. The zero-order chi connectivity index (χ0) is 20.9. The van der Waals surface area contributed by atoms with Crippen molar-refractivity contribution in [2.75, 3.05) is 0 Å². The third-order valence-electron chi connectivity index (χ3n) is 5.47. The lowest BCUT2D eigenvalue weighted by Crippen LogP contribution is -2.40. The van der Waals surface area contributed by atoms with Crippen LogP contribution >= 0.6 is 0 Å². The number of carbonyl (C=O) groups excluding carboxylic acids is 1. The first-order chi connectivity index (χ1) is 14.6. The van der Waals surface area contributed by atoms with Crippen molar-refractivity contribution in [3.05, 3.63) is 88.0 Å². The number of carbonyl (C=O) groups is 1. The smallest absolute Gasteiger partial charge is 0.279 e. The maximum Gasteiger partial charge on any atom is 0.279 e. The minimum absolute atomic E-state index is 0.0801. The lowest BCUT2D eigenvalue weighted by atomic mass is 9.95. The highest BCUT2D eigenvalue weighted by Crippen LogP contribution is 2.19. The fourth-order valence-corrected chi connectivity index (χ4v) is 3.83. The highest BCUT2D eigenvalue weighted by Gasteiger charge is 2.21. The average Bonchev–Trinajstić information content (AvgIpc) is 2.78. The minimum atomic E-state index is -0.452. The van der Waals surface area contributed by atoms with Crippen molar-refractivity contribution in [1.82, 2.24) is 15.1 Å². The lowest BCUT2D eigenvalue weighted by molar-refractivity contribution is 0.0925. The molecule has 154 valence electrons. The van der Waals surface area contributed by atoms with E-state index in [-0.39, 0.29) is 29.9 Å². The average molecular weight is 405 g/mol. The molecule has 2 aromatic carbocycles. The van der Waals surface area contributed by atoms with E-state index < -0.39 is 5.56 Å². The Kier molecular flexibility index (Phi) is 6.02. The van der Waals surface area contributed by atoms with Crippen LogP contribution in [0.5, 0.6) is 0 Å². The van der Waals surface area contributed by atoms with Gasteiger partial charge in [-0.1, -0.05) is 61.7 Å². The number of benzene rings is 2. The number of aromatic nitrogens is 2. The lowest BCUT2D eigenvalue weighted by Gasteiger charge is -2.22. The first-order valence-corrected chi connectivity index (χ1v) is 10.3. The molecule has 6 heteroatoms. The van der Waals surface area contributed by atoms with Gasteiger partial charge >= 0.3 is 0 Å². The summed E-state index contributed by atoms with van der Waals surface area (Å²) in [5, 5.41) is 7.50. The van der Waals surface area contributed by atoms with Crippen LogP contribution in [0, 0.1) is 5.82 Å². The molecule has 4 rings (SSSR count). The molecule has 0 atom stereocenters. The Labute approximate surface area is 174 Å². The molecule has 1 aromatic heterocycles. The van der Waals surface area contributed by atoms with Gasteiger partial charge in [-0.05, 0) is 36.6 Å². The summed E-state index contributed by atoms with van der Waals surface area (Å²) in [4.78, 5) is 26.0. The van der Waals surface area contributed by atoms with Crippen LogP contribution in [-0.4, -0.2) is 21.7 Å². The molecule has 1 amide bonds. The van der Waals surface area contributed by atoms with Crippen LogP contribution in [0.25, 0.3) is 11.3 Å². The van der Waals surface area contributed by atoms with Crippen molar-refractivity contribution in [2.24, 2.45) is 0 Å². The molecule has 3 aromatic rings. The summed E-state index contributed by atoms with van der Waals surface area (Å²) < 4.78 is 14.5. The molecule has 1 heterocycles. The largest absolute Gasteiger partial charge is 0.349 e. The molecule has 1 aliphatic carbocycles. The van der Waals surface area contributed by atoms with Crippen LogP contribution in [-0.2, 0) is 6.54 Å². The fourth-order valence-electron chi connectivity index (χ4n) is 3.83. The summed E-state index contributed by atoms with van der Waals surface area (Å²) in [6.45, 7) is 0.156. The molecule has 0 aliphatic heterocycles. The van der Waals surface area contributed by atoms with Gasteiger partial charge in [-0.2, -0.15) is 5.10 Å². The Morgan fingerprint density at radius 3 is 2.43 bits per heavy atom. The van der Waals surface area contributed by atoms with Crippen LogP contribution in [0.15, 0.2) is 65.5 Å². The first-order valence-electron chi connectivity index (χ1n) is 10.3. The van der Waals surface area contributed by atoms with E-state index >= 15 is 0 Å². The monoisotopic (exact) mass is 405 g/mol. The van der Waals surface area contributed by atoms with E-state index in [1.807, 2.05) is 30.3 Å². The van der Waals surface area contributed by atoms with Crippen molar-refractivity contribution in [3.8, 4) is 11.3 Å². The summed E-state index contributed by atoms with van der Waals surface area (Å²) >= 11 is 0. The van der Waals surface area contributed by atoms with Crippen LogP contribution in [0.2, 0.25) is 0 Å². The van der Waals surface area contributed by atoms with Gasteiger partial charge in [-0.15, -0.1) is 0 Å². The predicted octanol–water partition coefficient (Wildman–Crippen LogP) is 4.16. The number of amides is 1. The Morgan fingerprint density at radius 1 is 1.03 bits per heavy atom. The zero-order valence-corrected chi connectivity index (χ0v) is 16.7. The normalized spacial score (nSPS) is 14.4. The summed E-state index contributed by atoms with van der Waals surface area (Å²) in [7, 11) is 0. The fraction of sp³-hybridized carbons (Fsp3) is 0.292. The van der Waals surface area contributed by atoms with E-state index in [1.54, 1.807) is 18.2 Å². The Bertz CT molecular complexity index is 1070. The van der Waals surface area contributed by atoms with Gasteiger partial charge in [0.2, 0.25) is 0 Å². The van der Waals surface area contributed by atoms with E-state index in [4.69, 9.17) is 0 Å². The zero-order valence-electron chi connectivity index (χ0n) is 16.7.